The van der Waals surface area contributed by atoms with E-state index in [1.807, 2.05) is 24.4 Å². The van der Waals surface area contributed by atoms with Gasteiger partial charge in [0.15, 0.2) is 0 Å². The number of fused-ring (bicyclic) bond motifs is 3. The van der Waals surface area contributed by atoms with Crippen LogP contribution in [0.1, 0.15) is 10.4 Å². The normalized spacial score (nSPS) is 11.1. The fourth-order valence-electron chi connectivity index (χ4n) is 3.96. The lowest BCUT2D eigenvalue weighted by Crippen LogP contribution is -2.15. The fraction of sp³-hybridized carbons (Fsp3) is 0.0769. The van der Waals surface area contributed by atoms with Crippen LogP contribution < -0.4 is 15.8 Å². The van der Waals surface area contributed by atoms with Crippen molar-refractivity contribution in [2.24, 2.45) is 0 Å². The maximum Gasteiger partial charge on any atom is 0.258 e. The molecule has 0 atom stereocenters. The van der Waals surface area contributed by atoms with Gasteiger partial charge in [-0.1, -0.05) is 30.3 Å². The van der Waals surface area contributed by atoms with Gasteiger partial charge < -0.3 is 20.4 Å². The van der Waals surface area contributed by atoms with Crippen molar-refractivity contribution in [3.8, 4) is 5.75 Å². The number of hydrogen-bond donors (Lipinski definition) is 2. The number of aromatic nitrogens is 2. The molecule has 0 unspecified atom stereocenters. The molecule has 0 saturated carbocycles. The minimum absolute atomic E-state index is 0.0842. The summed E-state index contributed by atoms with van der Waals surface area (Å²) >= 11 is 0. The number of nitrogens with two attached hydrogens (primary N) is 1. The Morgan fingerprint density at radius 2 is 1.79 bits per heavy atom. The number of nitrogens with one attached hydrogen (secondary N) is 1. The molecule has 2 heterocycles. The first-order valence-corrected chi connectivity index (χ1v) is 10.5. The van der Waals surface area contributed by atoms with E-state index in [0.717, 1.165) is 21.8 Å². The van der Waals surface area contributed by atoms with E-state index in [2.05, 4.69) is 27.0 Å². The van der Waals surface area contributed by atoms with Crippen molar-refractivity contribution in [1.82, 2.24) is 9.55 Å². The van der Waals surface area contributed by atoms with Gasteiger partial charge in [-0.15, -0.1) is 0 Å². The van der Waals surface area contributed by atoms with E-state index in [1.165, 1.54) is 12.1 Å². The third-order valence-electron chi connectivity index (χ3n) is 5.55. The fourth-order valence-corrected chi connectivity index (χ4v) is 3.96. The van der Waals surface area contributed by atoms with Crippen LogP contribution in [0.5, 0.6) is 5.75 Å². The van der Waals surface area contributed by atoms with E-state index in [1.54, 1.807) is 36.5 Å². The van der Waals surface area contributed by atoms with Crippen LogP contribution in [-0.2, 0) is 6.54 Å². The molecule has 3 N–H and O–H groups in total. The van der Waals surface area contributed by atoms with E-state index in [-0.39, 0.29) is 5.56 Å². The number of hydrogen-bond acceptors (Lipinski definition) is 4. The van der Waals surface area contributed by atoms with Crippen molar-refractivity contribution in [3.63, 3.8) is 0 Å². The van der Waals surface area contributed by atoms with Crippen LogP contribution in [0.15, 0.2) is 85.2 Å². The van der Waals surface area contributed by atoms with Crippen LogP contribution in [0.4, 0.5) is 15.8 Å². The van der Waals surface area contributed by atoms with Crippen LogP contribution in [0.2, 0.25) is 0 Å². The number of rotatable bonds is 6. The summed E-state index contributed by atoms with van der Waals surface area (Å²) in [6.07, 6.45) is 3.62. The molecule has 5 aromatic rings. The predicted molar refractivity (Wildman–Crippen MR) is 128 cm³/mol. The molecular formula is C26H21FN4O2. The zero-order chi connectivity index (χ0) is 22.8. The van der Waals surface area contributed by atoms with Crippen molar-refractivity contribution >= 4 is 39.1 Å². The lowest BCUT2D eigenvalue weighted by atomic mass is 10.1. The molecule has 33 heavy (non-hydrogen) atoms. The summed E-state index contributed by atoms with van der Waals surface area (Å²) in [6.45, 7) is 0.890. The highest BCUT2D eigenvalue weighted by Gasteiger charge is 2.15. The molecule has 7 heteroatoms. The minimum Gasteiger partial charge on any atom is -0.492 e. The number of halogens is 1. The quantitative estimate of drug-likeness (QED) is 0.354. The third-order valence-corrected chi connectivity index (χ3v) is 5.55. The van der Waals surface area contributed by atoms with Crippen molar-refractivity contribution in [2.45, 2.75) is 6.54 Å². The third kappa shape index (κ3) is 3.96. The number of ether oxygens (including phenoxy) is 1. The Bertz CT molecular complexity index is 1420. The Morgan fingerprint density at radius 1 is 1.00 bits per heavy atom. The smallest absolute Gasteiger partial charge is 0.258 e. The molecule has 0 aliphatic rings. The number of pyridine rings is 1. The molecule has 0 spiro atoms. The topological polar surface area (TPSA) is 82.2 Å². The number of para-hydroxylation sites is 3. The average molecular weight is 440 g/mol. The summed E-state index contributed by atoms with van der Waals surface area (Å²) in [5.74, 6) is -0.891. The molecule has 0 aliphatic carbocycles. The van der Waals surface area contributed by atoms with Gasteiger partial charge in [0.05, 0.1) is 35.2 Å². The van der Waals surface area contributed by atoms with Gasteiger partial charge in [-0.2, -0.15) is 0 Å². The number of carbonyl (C=O) groups is 1. The molecular weight excluding hydrogens is 419 g/mol. The zero-order valence-electron chi connectivity index (χ0n) is 17.7. The molecule has 2 aromatic heterocycles. The number of carbonyl (C=O) groups excluding carboxylic acids is 1. The summed E-state index contributed by atoms with van der Waals surface area (Å²) in [5.41, 5.74) is 8.70. The van der Waals surface area contributed by atoms with Crippen LogP contribution in [0.25, 0.3) is 21.8 Å². The number of amides is 1. The SMILES string of the molecule is Nc1ccccc1NC(=O)c1ccc(OCCn2c3ccccc3c3ccncc32)cc1F. The number of nitrogen functional groups attached to an aromatic ring is 1. The Balaban J connectivity index is 1.30. The second-order valence-electron chi connectivity index (χ2n) is 7.59. The van der Waals surface area contributed by atoms with E-state index in [0.29, 0.717) is 30.3 Å². The zero-order valence-corrected chi connectivity index (χ0v) is 17.7. The molecule has 0 fully saturated rings. The van der Waals surface area contributed by atoms with Gasteiger partial charge in [0.2, 0.25) is 0 Å². The van der Waals surface area contributed by atoms with Gasteiger partial charge in [0.25, 0.3) is 5.91 Å². The lowest BCUT2D eigenvalue weighted by molar-refractivity contribution is 0.102. The number of anilines is 2. The summed E-state index contributed by atoms with van der Waals surface area (Å²) in [5, 5.41) is 4.90. The number of benzene rings is 3. The molecule has 3 aromatic carbocycles. The second-order valence-corrected chi connectivity index (χ2v) is 7.59. The first-order valence-electron chi connectivity index (χ1n) is 10.5. The molecule has 0 aliphatic heterocycles. The van der Waals surface area contributed by atoms with E-state index >= 15 is 0 Å². The van der Waals surface area contributed by atoms with Crippen molar-refractivity contribution in [3.05, 3.63) is 96.6 Å². The van der Waals surface area contributed by atoms with Gasteiger partial charge in [-0.25, -0.2) is 4.39 Å². The maximum absolute atomic E-state index is 14.6. The highest BCUT2D eigenvalue weighted by Crippen LogP contribution is 2.28. The van der Waals surface area contributed by atoms with Crippen molar-refractivity contribution < 1.29 is 13.9 Å². The highest BCUT2D eigenvalue weighted by molar-refractivity contribution is 6.07. The summed E-state index contributed by atoms with van der Waals surface area (Å²) < 4.78 is 22.6. The molecule has 164 valence electrons. The van der Waals surface area contributed by atoms with E-state index in [4.69, 9.17) is 10.5 Å². The van der Waals surface area contributed by atoms with Crippen LogP contribution in [-0.4, -0.2) is 22.1 Å². The highest BCUT2D eigenvalue weighted by atomic mass is 19.1. The van der Waals surface area contributed by atoms with E-state index in [9.17, 15) is 9.18 Å². The monoisotopic (exact) mass is 440 g/mol. The van der Waals surface area contributed by atoms with Gasteiger partial charge in [0.1, 0.15) is 18.2 Å². The molecule has 0 bridgehead atoms. The summed E-state index contributed by atoms with van der Waals surface area (Å²) in [7, 11) is 0. The van der Waals surface area contributed by atoms with Crippen LogP contribution in [0.3, 0.4) is 0 Å². The molecule has 1 amide bonds. The van der Waals surface area contributed by atoms with Gasteiger partial charge in [0, 0.05) is 28.6 Å². The average Bonchev–Trinajstić information content (AvgIpc) is 3.15. The molecule has 6 nitrogen and oxygen atoms in total. The van der Waals surface area contributed by atoms with Gasteiger partial charge >= 0.3 is 0 Å². The van der Waals surface area contributed by atoms with Crippen molar-refractivity contribution in [1.29, 1.82) is 0 Å². The predicted octanol–water partition coefficient (Wildman–Crippen LogP) is 5.24. The standard InChI is InChI=1S/C26H21FN4O2/c27-21-15-17(9-10-20(21)26(32)30-23-7-3-2-6-22(23)28)33-14-13-31-24-8-4-1-5-18(24)19-11-12-29-16-25(19)31/h1-12,15-16H,13-14,28H2,(H,30,32). The maximum atomic E-state index is 14.6. The molecule has 0 radical (unpaired) electrons. The second kappa shape index (κ2) is 8.63. The van der Waals surface area contributed by atoms with Crippen LogP contribution >= 0.6 is 0 Å². The Morgan fingerprint density at radius 3 is 2.64 bits per heavy atom. The first kappa shape index (κ1) is 20.5. The minimum atomic E-state index is -0.666. The van der Waals surface area contributed by atoms with Gasteiger partial charge in [-0.3, -0.25) is 9.78 Å². The Hall–Kier alpha value is -4.39. The van der Waals surface area contributed by atoms with Crippen molar-refractivity contribution in [2.75, 3.05) is 17.7 Å². The first-order chi connectivity index (χ1) is 16.1. The Labute approximate surface area is 189 Å². The lowest BCUT2D eigenvalue weighted by Gasteiger charge is -2.11. The summed E-state index contributed by atoms with van der Waals surface area (Å²) in [6, 6.07) is 21.2. The molecule has 0 saturated heterocycles. The van der Waals surface area contributed by atoms with E-state index < -0.39 is 11.7 Å². The molecule has 5 rings (SSSR count). The number of nitrogens with zero attached hydrogens (tertiary/aromatic N) is 2. The van der Waals surface area contributed by atoms with Gasteiger partial charge in [-0.05, 0) is 36.4 Å². The Kier molecular flexibility index (Phi) is 5.36. The summed E-state index contributed by atoms with van der Waals surface area (Å²) in [4.78, 5) is 16.7. The van der Waals surface area contributed by atoms with Crippen LogP contribution in [0, 0.1) is 5.82 Å². The largest absolute Gasteiger partial charge is 0.492 e.